The molecule has 2 aliphatic heterocycles. The van der Waals surface area contributed by atoms with Crippen molar-refractivity contribution in [2.45, 2.75) is 63.5 Å². The fraction of sp³-hybridized carbons (Fsp3) is 0.355. The third-order valence-electron chi connectivity index (χ3n) is 7.81. The Hall–Kier alpha value is -4.60. The maximum absolute atomic E-state index is 13.0. The van der Waals surface area contributed by atoms with E-state index in [-0.39, 0.29) is 66.6 Å². The number of Topliss-reactive ketones (excluding diaryl/α,β-unsaturated/α-hetero) is 2. The number of nitrogens with one attached hydrogen (secondary N) is 3. The van der Waals surface area contributed by atoms with Crippen molar-refractivity contribution in [2.24, 2.45) is 0 Å². The van der Waals surface area contributed by atoms with Crippen molar-refractivity contribution in [3.8, 4) is 0 Å². The summed E-state index contributed by atoms with van der Waals surface area (Å²) in [5.74, 6) is -1.73. The molecule has 2 aromatic carbocycles. The molecule has 2 heterocycles. The van der Waals surface area contributed by atoms with Gasteiger partial charge in [-0.1, -0.05) is 36.4 Å². The highest BCUT2D eigenvalue weighted by Crippen LogP contribution is 2.33. The van der Waals surface area contributed by atoms with Crippen molar-refractivity contribution >= 4 is 40.9 Å². The second-order valence-corrected chi connectivity index (χ2v) is 10.6. The van der Waals surface area contributed by atoms with Gasteiger partial charge in [0.2, 0.25) is 17.7 Å². The number of imide groups is 1. The lowest BCUT2D eigenvalue weighted by Gasteiger charge is -2.29. The first kappa shape index (κ1) is 27.9. The van der Waals surface area contributed by atoms with Crippen LogP contribution >= 0.6 is 0 Å². The Morgan fingerprint density at radius 3 is 2.44 bits per heavy atom. The van der Waals surface area contributed by atoms with Crippen LogP contribution in [0.2, 0.25) is 0 Å². The molecule has 212 valence electrons. The van der Waals surface area contributed by atoms with Gasteiger partial charge in [0.15, 0.2) is 11.6 Å². The summed E-state index contributed by atoms with van der Waals surface area (Å²) in [6.07, 6.45) is 4.05. The van der Waals surface area contributed by atoms with E-state index in [4.69, 9.17) is 0 Å². The Morgan fingerprint density at radius 1 is 0.951 bits per heavy atom. The number of allylic oxidation sites excluding steroid dienone is 1. The first-order valence-corrected chi connectivity index (χ1v) is 13.9. The molecule has 0 spiro atoms. The summed E-state index contributed by atoms with van der Waals surface area (Å²) >= 11 is 0. The average Bonchev–Trinajstić information content (AvgIpc) is 3.29. The molecule has 41 heavy (non-hydrogen) atoms. The normalized spacial score (nSPS) is 20.5. The Kier molecular flexibility index (Phi) is 8.37. The van der Waals surface area contributed by atoms with E-state index in [0.29, 0.717) is 49.0 Å². The van der Waals surface area contributed by atoms with E-state index in [2.05, 4.69) is 16.0 Å². The van der Waals surface area contributed by atoms with E-state index in [0.717, 1.165) is 5.56 Å². The number of unbranched alkanes of at least 4 members (excludes halogenated alkanes) is 1. The Morgan fingerprint density at radius 2 is 1.71 bits per heavy atom. The third-order valence-corrected chi connectivity index (χ3v) is 7.81. The summed E-state index contributed by atoms with van der Waals surface area (Å²) < 4.78 is 0. The highest BCUT2D eigenvalue weighted by Gasteiger charge is 2.40. The molecule has 2 aromatic rings. The third kappa shape index (κ3) is 6.26. The molecule has 10 nitrogen and oxygen atoms in total. The highest BCUT2D eigenvalue weighted by atomic mass is 16.2. The molecule has 10 heteroatoms. The largest absolute Gasteiger partial charge is 0.390 e. The second-order valence-electron chi connectivity index (χ2n) is 10.6. The molecule has 1 saturated carbocycles. The van der Waals surface area contributed by atoms with Crippen LogP contribution in [0.1, 0.15) is 72.3 Å². The van der Waals surface area contributed by atoms with Gasteiger partial charge in [-0.25, -0.2) is 0 Å². The molecule has 2 fully saturated rings. The molecule has 1 saturated heterocycles. The zero-order valence-corrected chi connectivity index (χ0v) is 22.6. The van der Waals surface area contributed by atoms with Crippen LogP contribution in [0.15, 0.2) is 60.3 Å². The van der Waals surface area contributed by atoms with Gasteiger partial charge in [-0.05, 0) is 42.9 Å². The predicted octanol–water partition coefficient (Wildman–Crippen LogP) is 2.75. The number of benzene rings is 2. The number of amides is 4. The minimum Gasteiger partial charge on any atom is -0.390 e. The Balaban J connectivity index is 1.07. The summed E-state index contributed by atoms with van der Waals surface area (Å²) in [6, 6.07) is 14.0. The van der Waals surface area contributed by atoms with Gasteiger partial charge < -0.3 is 15.5 Å². The highest BCUT2D eigenvalue weighted by molar-refractivity contribution is 6.22. The van der Waals surface area contributed by atoms with E-state index < -0.39 is 11.9 Å². The molecule has 0 aromatic heterocycles. The molecule has 1 aliphatic carbocycles. The van der Waals surface area contributed by atoms with Crippen LogP contribution in [0.25, 0.3) is 0 Å². The first-order valence-electron chi connectivity index (χ1n) is 13.9. The van der Waals surface area contributed by atoms with Gasteiger partial charge in [-0.2, -0.15) is 0 Å². The van der Waals surface area contributed by atoms with Gasteiger partial charge in [0.1, 0.15) is 6.04 Å². The van der Waals surface area contributed by atoms with Crippen molar-refractivity contribution in [2.75, 3.05) is 11.9 Å². The summed E-state index contributed by atoms with van der Waals surface area (Å²) in [5.41, 5.74) is 2.82. The standard InChI is InChI=1S/C31H32N4O6/c36-26-15-20(19-7-2-1-3-8-19)16-27(37)22(26)17-32-14-5-4-11-28(38)33-24-10-6-9-21-23(24)18-35(31(21)41)25-12-13-29(39)34-30(25)40/h1-3,6-10,17,20,25,32H,4-5,11-16,18H2,(H,33,38)(H,34,39,40). The number of hydrogen-bond donors (Lipinski definition) is 3. The van der Waals surface area contributed by atoms with E-state index in [1.54, 1.807) is 18.2 Å². The number of piperidine rings is 1. The van der Waals surface area contributed by atoms with Crippen molar-refractivity contribution in [1.82, 2.24) is 15.5 Å². The predicted molar refractivity (Wildman–Crippen MR) is 149 cm³/mol. The smallest absolute Gasteiger partial charge is 0.255 e. The summed E-state index contributed by atoms with van der Waals surface area (Å²) in [4.78, 5) is 76.0. The van der Waals surface area contributed by atoms with Crippen molar-refractivity contribution in [3.63, 3.8) is 0 Å². The van der Waals surface area contributed by atoms with Crippen LogP contribution in [-0.4, -0.2) is 52.7 Å². The van der Waals surface area contributed by atoms with Crippen LogP contribution in [0.4, 0.5) is 5.69 Å². The Bertz CT molecular complexity index is 1410. The van der Waals surface area contributed by atoms with E-state index in [1.807, 2.05) is 30.3 Å². The first-order chi connectivity index (χ1) is 19.8. The molecule has 3 N–H and O–H groups in total. The fourth-order valence-electron chi connectivity index (χ4n) is 5.62. The number of fused-ring (bicyclic) bond motifs is 1. The SMILES string of the molecule is O=C1CCC(N2Cc3c(NC(=O)CCCCNC=C4C(=O)CC(c5ccccc5)CC4=O)cccc3C2=O)C(=O)N1. The van der Waals surface area contributed by atoms with Gasteiger partial charge >= 0.3 is 0 Å². The van der Waals surface area contributed by atoms with Gasteiger partial charge in [0.05, 0.1) is 5.57 Å². The molecule has 3 aliphatic rings. The number of carbonyl (C=O) groups excluding carboxylic acids is 6. The second kappa shape index (κ2) is 12.3. The van der Waals surface area contributed by atoms with Crippen molar-refractivity contribution < 1.29 is 28.8 Å². The van der Waals surface area contributed by atoms with E-state index in [1.165, 1.54) is 11.1 Å². The minimum atomic E-state index is -0.719. The summed E-state index contributed by atoms with van der Waals surface area (Å²) in [7, 11) is 0. The van der Waals surface area contributed by atoms with E-state index >= 15 is 0 Å². The number of nitrogens with zero attached hydrogens (tertiary/aromatic N) is 1. The van der Waals surface area contributed by atoms with Crippen LogP contribution < -0.4 is 16.0 Å². The summed E-state index contributed by atoms with van der Waals surface area (Å²) in [6.45, 7) is 0.689. The quantitative estimate of drug-likeness (QED) is 0.187. The molecular formula is C31H32N4O6. The number of anilines is 1. The van der Waals surface area contributed by atoms with Crippen LogP contribution in [0.3, 0.4) is 0 Å². The molecule has 5 rings (SSSR count). The van der Waals surface area contributed by atoms with Crippen LogP contribution in [0.5, 0.6) is 0 Å². The maximum Gasteiger partial charge on any atom is 0.255 e. The van der Waals surface area contributed by atoms with Gasteiger partial charge in [0.25, 0.3) is 5.91 Å². The molecular weight excluding hydrogens is 524 g/mol. The lowest BCUT2D eigenvalue weighted by atomic mass is 9.80. The molecule has 0 radical (unpaired) electrons. The van der Waals surface area contributed by atoms with Crippen LogP contribution in [-0.2, 0) is 30.5 Å². The van der Waals surface area contributed by atoms with Crippen molar-refractivity contribution in [3.05, 3.63) is 77.0 Å². The average molecular weight is 557 g/mol. The van der Waals surface area contributed by atoms with Crippen molar-refractivity contribution in [1.29, 1.82) is 0 Å². The number of rotatable bonds is 9. The van der Waals surface area contributed by atoms with Gasteiger partial charge in [-0.15, -0.1) is 0 Å². The van der Waals surface area contributed by atoms with Gasteiger partial charge in [0, 0.05) is 61.8 Å². The molecule has 1 unspecified atom stereocenters. The monoisotopic (exact) mass is 556 g/mol. The zero-order valence-electron chi connectivity index (χ0n) is 22.6. The maximum atomic E-state index is 13.0. The minimum absolute atomic E-state index is 0.0867. The van der Waals surface area contributed by atoms with Gasteiger partial charge in [-0.3, -0.25) is 34.1 Å². The van der Waals surface area contributed by atoms with E-state index in [9.17, 15) is 28.8 Å². The molecule has 1 atom stereocenters. The number of carbonyl (C=O) groups is 6. The lowest BCUT2D eigenvalue weighted by molar-refractivity contribution is -0.137. The Labute approximate surface area is 237 Å². The topological polar surface area (TPSA) is 142 Å². The fourth-order valence-corrected chi connectivity index (χ4v) is 5.62. The van der Waals surface area contributed by atoms with Crippen LogP contribution in [0, 0.1) is 0 Å². The lowest BCUT2D eigenvalue weighted by Crippen LogP contribution is -2.52. The summed E-state index contributed by atoms with van der Waals surface area (Å²) in [5, 5.41) is 8.21. The number of ketones is 2. The molecule has 4 amide bonds. The number of hydrogen-bond acceptors (Lipinski definition) is 7. The zero-order chi connectivity index (χ0) is 28.9. The molecule has 0 bridgehead atoms.